The van der Waals surface area contributed by atoms with Crippen molar-refractivity contribution in [3.05, 3.63) is 78.4 Å². The molecule has 1 saturated heterocycles. The highest BCUT2D eigenvalue weighted by Gasteiger charge is 2.27. The third-order valence-electron chi connectivity index (χ3n) is 6.30. The lowest BCUT2D eigenvalue weighted by Crippen LogP contribution is -2.43. The molecule has 4 aromatic rings. The highest BCUT2D eigenvalue weighted by molar-refractivity contribution is 5.81. The molecule has 5 rings (SSSR count). The minimum atomic E-state index is -0.278. The van der Waals surface area contributed by atoms with Crippen molar-refractivity contribution in [1.29, 1.82) is 0 Å². The fraction of sp³-hybridized carbons (Fsp3) is 0.296. The van der Waals surface area contributed by atoms with Gasteiger partial charge in [-0.15, -0.1) is 0 Å². The van der Waals surface area contributed by atoms with Crippen LogP contribution in [0.1, 0.15) is 25.3 Å². The summed E-state index contributed by atoms with van der Waals surface area (Å²) in [7, 11) is 0. The van der Waals surface area contributed by atoms with Gasteiger partial charge < -0.3 is 15.0 Å². The minimum absolute atomic E-state index is 0.0519. The van der Waals surface area contributed by atoms with Gasteiger partial charge in [0.05, 0.1) is 18.2 Å². The Balaban J connectivity index is 1.28. The first-order valence-corrected chi connectivity index (χ1v) is 12.0. The maximum Gasteiger partial charge on any atom is 0.225 e. The number of carbonyl (C=O) groups is 1. The van der Waals surface area contributed by atoms with E-state index in [0.717, 1.165) is 53.3 Å². The van der Waals surface area contributed by atoms with E-state index in [0.29, 0.717) is 19.7 Å². The summed E-state index contributed by atoms with van der Waals surface area (Å²) in [6.07, 6.45) is 5.27. The number of halogens is 1. The molecule has 1 fully saturated rings. The van der Waals surface area contributed by atoms with Crippen molar-refractivity contribution in [3.63, 3.8) is 0 Å². The van der Waals surface area contributed by atoms with Crippen LogP contribution >= 0.6 is 0 Å². The van der Waals surface area contributed by atoms with E-state index in [1.165, 1.54) is 12.1 Å². The number of rotatable bonds is 7. The number of hydrogen-bond donors (Lipinski definition) is 1. The molecule has 2 aromatic carbocycles. The zero-order valence-electron chi connectivity index (χ0n) is 19.7. The minimum Gasteiger partial charge on any atom is -0.494 e. The maximum atomic E-state index is 13.3. The van der Waals surface area contributed by atoms with Crippen LogP contribution in [0.2, 0.25) is 0 Å². The maximum absolute atomic E-state index is 13.3. The molecule has 8 heteroatoms. The Morgan fingerprint density at radius 3 is 2.74 bits per heavy atom. The van der Waals surface area contributed by atoms with Gasteiger partial charge in [0, 0.05) is 37.6 Å². The first-order valence-electron chi connectivity index (χ1n) is 12.0. The van der Waals surface area contributed by atoms with Gasteiger partial charge in [0.2, 0.25) is 5.91 Å². The fourth-order valence-electron chi connectivity index (χ4n) is 4.50. The van der Waals surface area contributed by atoms with Crippen LogP contribution in [0.25, 0.3) is 16.8 Å². The summed E-state index contributed by atoms with van der Waals surface area (Å²) >= 11 is 0. The molecule has 1 N–H and O–H groups in total. The average Bonchev–Trinajstić information content (AvgIpc) is 3.33. The van der Waals surface area contributed by atoms with E-state index in [-0.39, 0.29) is 17.6 Å². The first kappa shape index (κ1) is 22.8. The molecule has 2 aromatic heterocycles. The van der Waals surface area contributed by atoms with Gasteiger partial charge in [-0.05, 0) is 67.8 Å². The van der Waals surface area contributed by atoms with Crippen LogP contribution in [0.15, 0.2) is 67.0 Å². The Morgan fingerprint density at radius 2 is 1.97 bits per heavy atom. The summed E-state index contributed by atoms with van der Waals surface area (Å²) in [5.74, 6) is 1.29. The van der Waals surface area contributed by atoms with Crippen molar-refractivity contribution >= 4 is 17.2 Å². The van der Waals surface area contributed by atoms with Crippen LogP contribution < -0.4 is 15.0 Å². The van der Waals surface area contributed by atoms with E-state index in [1.807, 2.05) is 37.3 Å². The van der Waals surface area contributed by atoms with Gasteiger partial charge in [-0.1, -0.05) is 12.1 Å². The normalized spacial score (nSPS) is 15.8. The Morgan fingerprint density at radius 1 is 1.17 bits per heavy atom. The third-order valence-corrected chi connectivity index (χ3v) is 6.30. The summed E-state index contributed by atoms with van der Waals surface area (Å²) in [5, 5.41) is 7.73. The summed E-state index contributed by atoms with van der Waals surface area (Å²) in [5.41, 5.74) is 3.49. The molecular formula is C27H28FN5O2. The van der Waals surface area contributed by atoms with Gasteiger partial charge in [-0.25, -0.2) is 13.9 Å². The van der Waals surface area contributed by atoms with E-state index < -0.39 is 0 Å². The number of ether oxygens (including phenoxy) is 1. The van der Waals surface area contributed by atoms with E-state index in [9.17, 15) is 9.18 Å². The number of anilines is 1. The molecule has 0 radical (unpaired) electrons. The standard InChI is InChI=1S/C27H28FN5O2/c1-2-35-23-11-5-19(6-12-23)17-30-27(34)21-4-3-14-32(18-21)26-25-16-24(31-33(25)15-13-29-26)20-7-9-22(28)10-8-20/h5-13,15-16,21H,2-4,14,17-18H2,1H3,(H,30,34)/t21-/m0/s1. The lowest BCUT2D eigenvalue weighted by molar-refractivity contribution is -0.125. The lowest BCUT2D eigenvalue weighted by atomic mass is 9.97. The zero-order chi connectivity index (χ0) is 24.2. The van der Waals surface area contributed by atoms with E-state index >= 15 is 0 Å². The molecule has 1 aliphatic heterocycles. The summed E-state index contributed by atoms with van der Waals surface area (Å²) in [4.78, 5) is 19.8. The SMILES string of the molecule is CCOc1ccc(CNC(=O)[C@H]2CCCN(c3nccn4nc(-c5ccc(F)cc5)cc34)C2)cc1. The Hall–Kier alpha value is -3.94. The summed E-state index contributed by atoms with van der Waals surface area (Å²) in [6, 6.07) is 16.1. The largest absolute Gasteiger partial charge is 0.494 e. The van der Waals surface area contributed by atoms with Crippen molar-refractivity contribution in [1.82, 2.24) is 19.9 Å². The van der Waals surface area contributed by atoms with Crippen molar-refractivity contribution < 1.29 is 13.9 Å². The van der Waals surface area contributed by atoms with Crippen LogP contribution in [0.5, 0.6) is 5.75 Å². The molecule has 180 valence electrons. The smallest absolute Gasteiger partial charge is 0.225 e. The second-order valence-electron chi connectivity index (χ2n) is 8.70. The number of aromatic nitrogens is 3. The molecule has 1 aliphatic rings. The van der Waals surface area contributed by atoms with Gasteiger partial charge in [-0.2, -0.15) is 5.10 Å². The molecule has 3 heterocycles. The molecule has 0 bridgehead atoms. The summed E-state index contributed by atoms with van der Waals surface area (Å²) < 4.78 is 20.6. The lowest BCUT2D eigenvalue weighted by Gasteiger charge is -2.33. The number of carbonyl (C=O) groups excluding carboxylic acids is 1. The molecule has 1 amide bonds. The van der Waals surface area contributed by atoms with Gasteiger partial charge in [-0.3, -0.25) is 4.79 Å². The predicted molar refractivity (Wildman–Crippen MR) is 133 cm³/mol. The van der Waals surface area contributed by atoms with Gasteiger partial charge in [0.1, 0.15) is 17.1 Å². The highest BCUT2D eigenvalue weighted by atomic mass is 19.1. The van der Waals surface area contributed by atoms with E-state index in [2.05, 4.69) is 20.3 Å². The number of fused-ring (bicyclic) bond motifs is 1. The second kappa shape index (κ2) is 10.1. The number of amides is 1. The number of piperidine rings is 1. The fourth-order valence-corrected chi connectivity index (χ4v) is 4.50. The first-order chi connectivity index (χ1) is 17.1. The monoisotopic (exact) mass is 473 g/mol. The van der Waals surface area contributed by atoms with Crippen molar-refractivity contribution in [2.45, 2.75) is 26.3 Å². The highest BCUT2D eigenvalue weighted by Crippen LogP contribution is 2.28. The Kier molecular flexibility index (Phi) is 6.61. The van der Waals surface area contributed by atoms with Gasteiger partial charge in [0.25, 0.3) is 0 Å². The van der Waals surface area contributed by atoms with Gasteiger partial charge in [0.15, 0.2) is 5.82 Å². The topological polar surface area (TPSA) is 71.8 Å². The third kappa shape index (κ3) is 5.11. The van der Waals surface area contributed by atoms with Crippen molar-refractivity contribution in [2.75, 3.05) is 24.6 Å². The molecule has 35 heavy (non-hydrogen) atoms. The molecule has 0 spiro atoms. The summed E-state index contributed by atoms with van der Waals surface area (Å²) in [6.45, 7) is 4.49. The molecule has 1 atom stereocenters. The predicted octanol–water partition coefficient (Wildman–Crippen LogP) is 4.47. The molecule has 7 nitrogen and oxygen atoms in total. The van der Waals surface area contributed by atoms with Crippen LogP contribution in [0.4, 0.5) is 10.2 Å². The van der Waals surface area contributed by atoms with Crippen LogP contribution in [-0.4, -0.2) is 40.2 Å². The van der Waals surface area contributed by atoms with Crippen molar-refractivity contribution in [3.8, 4) is 17.0 Å². The molecule has 0 saturated carbocycles. The van der Waals surface area contributed by atoms with Gasteiger partial charge >= 0.3 is 0 Å². The van der Waals surface area contributed by atoms with Crippen LogP contribution in [0, 0.1) is 11.7 Å². The van der Waals surface area contributed by atoms with Crippen LogP contribution in [0.3, 0.4) is 0 Å². The number of nitrogens with zero attached hydrogens (tertiary/aromatic N) is 4. The Labute approximate surface area is 203 Å². The average molecular weight is 474 g/mol. The molecular weight excluding hydrogens is 445 g/mol. The van der Waals surface area contributed by atoms with Crippen LogP contribution in [-0.2, 0) is 11.3 Å². The number of nitrogens with one attached hydrogen (secondary N) is 1. The Bertz CT molecular complexity index is 1300. The number of hydrogen-bond acceptors (Lipinski definition) is 5. The zero-order valence-corrected chi connectivity index (χ0v) is 19.7. The molecule has 0 unspecified atom stereocenters. The van der Waals surface area contributed by atoms with Crippen molar-refractivity contribution in [2.24, 2.45) is 5.92 Å². The second-order valence-corrected chi connectivity index (χ2v) is 8.70. The van der Waals surface area contributed by atoms with E-state index in [1.54, 1.807) is 29.0 Å². The number of benzene rings is 2. The molecule has 0 aliphatic carbocycles. The quantitative estimate of drug-likeness (QED) is 0.429. The van der Waals surface area contributed by atoms with E-state index in [4.69, 9.17) is 4.74 Å².